The van der Waals surface area contributed by atoms with Crippen LogP contribution in [0.3, 0.4) is 0 Å². The van der Waals surface area contributed by atoms with Gasteiger partial charge in [-0.3, -0.25) is 4.79 Å². The Morgan fingerprint density at radius 2 is 1.88 bits per heavy atom. The minimum atomic E-state index is -0.503. The zero-order valence-electron chi connectivity index (χ0n) is 13.9. The van der Waals surface area contributed by atoms with E-state index in [0.29, 0.717) is 6.54 Å². The Morgan fingerprint density at radius 3 is 2.62 bits per heavy atom. The first-order valence-corrected chi connectivity index (χ1v) is 8.06. The van der Waals surface area contributed by atoms with Gasteiger partial charge >= 0.3 is 0 Å². The fraction of sp³-hybridized carbons (Fsp3) is 0.263. The minimum absolute atomic E-state index is 0.0816. The van der Waals surface area contributed by atoms with Gasteiger partial charge in [-0.1, -0.05) is 31.2 Å². The smallest absolute Gasteiger partial charge is 0.256 e. The van der Waals surface area contributed by atoms with Crippen molar-refractivity contribution in [1.29, 1.82) is 0 Å². The number of rotatable bonds is 5. The van der Waals surface area contributed by atoms with E-state index in [1.54, 1.807) is 19.2 Å². The van der Waals surface area contributed by atoms with Crippen LogP contribution in [0.4, 0.5) is 4.39 Å². The molecule has 0 aliphatic heterocycles. The van der Waals surface area contributed by atoms with Gasteiger partial charge in [-0.15, -0.1) is 0 Å². The third kappa shape index (κ3) is 3.02. The van der Waals surface area contributed by atoms with Gasteiger partial charge < -0.3 is 9.47 Å². The van der Waals surface area contributed by atoms with Crippen LogP contribution in [-0.2, 0) is 13.1 Å². The Bertz CT molecular complexity index is 872. The van der Waals surface area contributed by atoms with Crippen LogP contribution < -0.4 is 0 Å². The molecule has 5 heteroatoms. The summed E-state index contributed by atoms with van der Waals surface area (Å²) in [4.78, 5) is 18.7. The summed E-state index contributed by atoms with van der Waals surface area (Å²) >= 11 is 0. The summed E-state index contributed by atoms with van der Waals surface area (Å²) in [5, 5.41) is 0. The maximum absolute atomic E-state index is 13.8. The second-order valence-corrected chi connectivity index (χ2v) is 5.81. The molecule has 0 aliphatic carbocycles. The van der Waals surface area contributed by atoms with Crippen molar-refractivity contribution < 1.29 is 9.18 Å². The molecule has 1 amide bonds. The number of aromatic nitrogens is 2. The molecule has 0 fully saturated rings. The minimum Gasteiger partial charge on any atom is -0.334 e. The summed E-state index contributed by atoms with van der Waals surface area (Å²) in [6, 6.07) is 14.0. The molecule has 0 N–H and O–H groups in total. The number of fused-ring (bicyclic) bond motifs is 1. The lowest BCUT2D eigenvalue weighted by Gasteiger charge is -2.18. The molecule has 1 aromatic heterocycles. The first-order valence-electron chi connectivity index (χ1n) is 8.06. The van der Waals surface area contributed by atoms with Crippen LogP contribution in [0.15, 0.2) is 48.5 Å². The molecule has 1 heterocycles. The normalized spacial score (nSPS) is 11.0. The van der Waals surface area contributed by atoms with Gasteiger partial charge in [-0.25, -0.2) is 9.37 Å². The Hall–Kier alpha value is -2.69. The van der Waals surface area contributed by atoms with Crippen molar-refractivity contribution in [1.82, 2.24) is 14.5 Å². The van der Waals surface area contributed by atoms with Crippen molar-refractivity contribution in [2.45, 2.75) is 26.4 Å². The van der Waals surface area contributed by atoms with E-state index in [2.05, 4.69) is 16.5 Å². The molecule has 0 atom stereocenters. The molecule has 2 aromatic carbocycles. The molecule has 124 valence electrons. The maximum atomic E-state index is 13.8. The Morgan fingerprint density at radius 1 is 1.17 bits per heavy atom. The number of hydrogen-bond acceptors (Lipinski definition) is 2. The van der Waals surface area contributed by atoms with Crippen molar-refractivity contribution in [3.63, 3.8) is 0 Å². The van der Waals surface area contributed by atoms with Crippen LogP contribution in [0, 0.1) is 5.82 Å². The van der Waals surface area contributed by atoms with E-state index in [9.17, 15) is 9.18 Å². The van der Waals surface area contributed by atoms with E-state index in [1.807, 2.05) is 24.3 Å². The largest absolute Gasteiger partial charge is 0.334 e. The van der Waals surface area contributed by atoms with E-state index in [-0.39, 0.29) is 11.5 Å². The molecule has 0 bridgehead atoms. The van der Waals surface area contributed by atoms with E-state index < -0.39 is 5.82 Å². The average molecular weight is 325 g/mol. The first kappa shape index (κ1) is 16.2. The molecule has 0 unspecified atom stereocenters. The topological polar surface area (TPSA) is 38.1 Å². The van der Waals surface area contributed by atoms with Gasteiger partial charge in [0.15, 0.2) is 0 Å². The number of hydrogen-bond donors (Lipinski definition) is 0. The van der Waals surface area contributed by atoms with Crippen LogP contribution in [-0.4, -0.2) is 27.4 Å². The predicted octanol–water partition coefficient (Wildman–Crippen LogP) is 3.86. The molecule has 3 aromatic rings. The Labute approximate surface area is 140 Å². The summed E-state index contributed by atoms with van der Waals surface area (Å²) in [7, 11) is 1.67. The molecule has 0 spiro atoms. The van der Waals surface area contributed by atoms with Crippen LogP contribution in [0.25, 0.3) is 11.0 Å². The summed E-state index contributed by atoms with van der Waals surface area (Å²) in [6.07, 6.45) is 0.971. The van der Waals surface area contributed by atoms with Crippen molar-refractivity contribution in [2.24, 2.45) is 0 Å². The highest BCUT2D eigenvalue weighted by molar-refractivity contribution is 5.94. The average Bonchev–Trinajstić information content (AvgIpc) is 2.92. The molecule has 0 aliphatic rings. The molecular weight excluding hydrogens is 305 g/mol. The van der Waals surface area contributed by atoms with E-state index in [0.717, 1.165) is 29.8 Å². The van der Waals surface area contributed by atoms with Crippen molar-refractivity contribution >= 4 is 16.9 Å². The quantitative estimate of drug-likeness (QED) is 0.714. The number of carbonyl (C=O) groups is 1. The number of nitrogens with zero attached hydrogens (tertiary/aromatic N) is 3. The van der Waals surface area contributed by atoms with Crippen molar-refractivity contribution in [2.75, 3.05) is 7.05 Å². The monoisotopic (exact) mass is 325 g/mol. The Balaban J connectivity index is 1.90. The number of aryl methyl sites for hydroxylation is 1. The molecule has 0 saturated heterocycles. The van der Waals surface area contributed by atoms with Crippen molar-refractivity contribution in [3.05, 3.63) is 65.7 Å². The molecular formula is C19H20FN3O. The van der Waals surface area contributed by atoms with Crippen LogP contribution in [0.2, 0.25) is 0 Å². The summed E-state index contributed by atoms with van der Waals surface area (Å²) < 4.78 is 16.0. The number of benzene rings is 2. The Kier molecular flexibility index (Phi) is 4.60. The zero-order chi connectivity index (χ0) is 17.1. The van der Waals surface area contributed by atoms with Gasteiger partial charge in [0.2, 0.25) is 0 Å². The summed E-state index contributed by atoms with van der Waals surface area (Å²) in [5.41, 5.74) is 2.05. The van der Waals surface area contributed by atoms with Gasteiger partial charge in [0.1, 0.15) is 11.6 Å². The number of carbonyl (C=O) groups excluding carboxylic acids is 1. The molecule has 4 nitrogen and oxygen atoms in total. The van der Waals surface area contributed by atoms with Crippen LogP contribution >= 0.6 is 0 Å². The number of amides is 1. The van der Waals surface area contributed by atoms with E-state index in [4.69, 9.17) is 0 Å². The lowest BCUT2D eigenvalue weighted by atomic mass is 10.2. The van der Waals surface area contributed by atoms with E-state index >= 15 is 0 Å². The molecule has 0 radical (unpaired) electrons. The van der Waals surface area contributed by atoms with Crippen molar-refractivity contribution in [3.8, 4) is 0 Å². The molecule has 3 rings (SSSR count). The van der Waals surface area contributed by atoms with Gasteiger partial charge in [-0.2, -0.15) is 0 Å². The maximum Gasteiger partial charge on any atom is 0.256 e. The highest BCUT2D eigenvalue weighted by Crippen LogP contribution is 2.18. The number of halogens is 1. The lowest BCUT2D eigenvalue weighted by molar-refractivity contribution is 0.0775. The zero-order valence-corrected chi connectivity index (χ0v) is 13.9. The first-order chi connectivity index (χ1) is 11.6. The fourth-order valence-corrected chi connectivity index (χ4v) is 2.84. The summed E-state index contributed by atoms with van der Waals surface area (Å²) in [6.45, 7) is 3.27. The van der Waals surface area contributed by atoms with Gasteiger partial charge in [0, 0.05) is 13.6 Å². The molecule has 0 saturated carbocycles. The molecule has 24 heavy (non-hydrogen) atoms. The lowest BCUT2D eigenvalue weighted by Crippen LogP contribution is -2.28. The van der Waals surface area contributed by atoms with E-state index in [1.165, 1.54) is 17.0 Å². The third-order valence-corrected chi connectivity index (χ3v) is 4.01. The highest BCUT2D eigenvalue weighted by Gasteiger charge is 2.18. The second kappa shape index (κ2) is 6.83. The van der Waals surface area contributed by atoms with Gasteiger partial charge in [0.05, 0.1) is 23.1 Å². The standard InChI is InChI=1S/C19H20FN3O/c1-3-12-23-17-11-7-6-10-16(17)21-18(23)13-22(2)19(24)14-8-4-5-9-15(14)20/h4-11H,3,12-13H2,1-2H3. The third-order valence-electron chi connectivity index (χ3n) is 4.01. The number of imidazole rings is 1. The number of para-hydroxylation sites is 2. The predicted molar refractivity (Wildman–Crippen MR) is 92.2 cm³/mol. The van der Waals surface area contributed by atoms with Gasteiger partial charge in [0.25, 0.3) is 5.91 Å². The second-order valence-electron chi connectivity index (χ2n) is 5.81. The summed E-state index contributed by atoms with van der Waals surface area (Å²) in [5.74, 6) is -0.0372. The van der Waals surface area contributed by atoms with Gasteiger partial charge in [-0.05, 0) is 30.7 Å². The van der Waals surface area contributed by atoms with Crippen LogP contribution in [0.5, 0.6) is 0 Å². The van der Waals surface area contributed by atoms with Crippen LogP contribution in [0.1, 0.15) is 29.5 Å². The SMILES string of the molecule is CCCn1c(CN(C)C(=O)c2ccccc2F)nc2ccccc21. The fourth-order valence-electron chi connectivity index (χ4n) is 2.84. The highest BCUT2D eigenvalue weighted by atomic mass is 19.1.